The molecule has 1 aromatic heterocycles. The van der Waals surface area contributed by atoms with Gasteiger partial charge in [0.05, 0.1) is 0 Å². The summed E-state index contributed by atoms with van der Waals surface area (Å²) in [7, 11) is 1.42. The smallest absolute Gasteiger partial charge is 0.270 e. The number of carbonyl (C=O) groups excluding carboxylic acids is 3. The Morgan fingerprint density at radius 1 is 1.31 bits per heavy atom. The fraction of sp³-hybridized carbons (Fsp3) is 0.588. The molecular weight excluding hydrogens is 338 g/mol. The molecule has 0 aromatic carbocycles. The Morgan fingerprint density at radius 2 is 2.04 bits per heavy atom. The summed E-state index contributed by atoms with van der Waals surface area (Å²) in [5.41, 5.74) is 0.970. The Hall–Kier alpha value is -2.55. The Bertz CT molecular complexity index is 647. The lowest BCUT2D eigenvalue weighted by Gasteiger charge is -2.23. The molecule has 1 saturated heterocycles. The van der Waals surface area contributed by atoms with Crippen molar-refractivity contribution in [1.29, 1.82) is 0 Å². The second kappa shape index (κ2) is 8.70. The van der Waals surface area contributed by atoms with E-state index in [1.54, 1.807) is 19.9 Å². The van der Waals surface area contributed by atoms with Crippen LogP contribution in [-0.4, -0.2) is 71.5 Å². The molecule has 0 radical (unpaired) electrons. The fourth-order valence-electron chi connectivity index (χ4n) is 3.06. The first kappa shape index (κ1) is 19.8. The molecule has 2 rings (SSSR count). The van der Waals surface area contributed by atoms with Crippen molar-refractivity contribution in [2.75, 3.05) is 26.8 Å². The molecular formula is C17H25N5O4. The molecule has 3 amide bonds. The number of aryl methyl sites for hydroxylation is 2. The van der Waals surface area contributed by atoms with E-state index in [1.807, 2.05) is 6.92 Å². The van der Waals surface area contributed by atoms with Gasteiger partial charge in [0, 0.05) is 31.9 Å². The second-order valence-electron chi connectivity index (χ2n) is 6.24. The number of ether oxygens (including phenoxy) is 1. The van der Waals surface area contributed by atoms with Crippen LogP contribution in [0, 0.1) is 13.8 Å². The molecule has 0 saturated carbocycles. The van der Waals surface area contributed by atoms with Gasteiger partial charge in [0.15, 0.2) is 0 Å². The third kappa shape index (κ3) is 4.75. The van der Waals surface area contributed by atoms with Crippen LogP contribution in [0.3, 0.4) is 0 Å². The largest absolute Gasteiger partial charge is 0.375 e. The van der Waals surface area contributed by atoms with E-state index in [9.17, 15) is 14.4 Å². The van der Waals surface area contributed by atoms with Crippen LogP contribution in [0.25, 0.3) is 0 Å². The van der Waals surface area contributed by atoms with Crippen LogP contribution in [-0.2, 0) is 14.3 Å². The van der Waals surface area contributed by atoms with Crippen molar-refractivity contribution in [2.24, 2.45) is 0 Å². The highest BCUT2D eigenvalue weighted by atomic mass is 16.5. The SMILES string of the molecule is CCNC(=O)[C@@H]1C[C@H](NC(=O)c2cc(C)nc(C)n2)CN1C(=O)COC. The van der Waals surface area contributed by atoms with Crippen molar-refractivity contribution in [3.63, 3.8) is 0 Å². The summed E-state index contributed by atoms with van der Waals surface area (Å²) in [5.74, 6) is -0.352. The zero-order valence-electron chi connectivity index (χ0n) is 15.5. The van der Waals surface area contributed by atoms with E-state index in [2.05, 4.69) is 20.6 Å². The third-order valence-electron chi connectivity index (χ3n) is 4.08. The van der Waals surface area contributed by atoms with E-state index in [4.69, 9.17) is 4.74 Å². The maximum Gasteiger partial charge on any atom is 0.270 e. The molecule has 2 heterocycles. The van der Waals surface area contributed by atoms with Gasteiger partial charge in [-0.15, -0.1) is 0 Å². The average molecular weight is 363 g/mol. The molecule has 9 heteroatoms. The molecule has 1 aromatic rings. The lowest BCUT2D eigenvalue weighted by atomic mass is 10.1. The molecule has 0 bridgehead atoms. The van der Waals surface area contributed by atoms with Crippen molar-refractivity contribution < 1.29 is 19.1 Å². The van der Waals surface area contributed by atoms with Crippen molar-refractivity contribution >= 4 is 17.7 Å². The maximum absolute atomic E-state index is 12.5. The Morgan fingerprint density at radius 3 is 2.65 bits per heavy atom. The molecule has 2 atom stereocenters. The van der Waals surface area contributed by atoms with Crippen LogP contribution in [0.15, 0.2) is 6.07 Å². The normalized spacial score (nSPS) is 19.3. The number of hydrogen-bond donors (Lipinski definition) is 2. The van der Waals surface area contributed by atoms with Gasteiger partial charge in [0.2, 0.25) is 11.8 Å². The number of carbonyl (C=O) groups is 3. The van der Waals surface area contributed by atoms with Crippen LogP contribution in [0.5, 0.6) is 0 Å². The van der Waals surface area contributed by atoms with Gasteiger partial charge < -0.3 is 20.3 Å². The Balaban J connectivity index is 2.11. The predicted octanol–water partition coefficient (Wildman–Crippen LogP) is -0.425. The molecule has 0 spiro atoms. The third-order valence-corrected chi connectivity index (χ3v) is 4.08. The molecule has 142 valence electrons. The van der Waals surface area contributed by atoms with Crippen LogP contribution < -0.4 is 10.6 Å². The van der Waals surface area contributed by atoms with E-state index in [0.717, 1.165) is 0 Å². The van der Waals surface area contributed by atoms with Crippen molar-refractivity contribution in [2.45, 2.75) is 39.3 Å². The zero-order valence-corrected chi connectivity index (χ0v) is 15.5. The number of rotatable bonds is 6. The highest BCUT2D eigenvalue weighted by Gasteiger charge is 2.40. The Labute approximate surface area is 152 Å². The average Bonchev–Trinajstić information content (AvgIpc) is 2.98. The van der Waals surface area contributed by atoms with E-state index >= 15 is 0 Å². The lowest BCUT2D eigenvalue weighted by Crippen LogP contribution is -2.47. The number of methoxy groups -OCH3 is 1. The quantitative estimate of drug-likeness (QED) is 0.709. The van der Waals surface area contributed by atoms with Crippen LogP contribution in [0.1, 0.15) is 35.4 Å². The number of nitrogens with one attached hydrogen (secondary N) is 2. The molecule has 0 aliphatic carbocycles. The molecule has 2 N–H and O–H groups in total. The van der Waals surface area contributed by atoms with E-state index in [1.165, 1.54) is 12.0 Å². The minimum absolute atomic E-state index is 0.110. The highest BCUT2D eigenvalue weighted by molar-refractivity contribution is 5.93. The zero-order chi connectivity index (χ0) is 19.3. The van der Waals surface area contributed by atoms with Gasteiger partial charge in [0.1, 0.15) is 24.2 Å². The Kier molecular flexibility index (Phi) is 6.62. The van der Waals surface area contributed by atoms with Gasteiger partial charge in [-0.05, 0) is 33.3 Å². The van der Waals surface area contributed by atoms with E-state index in [0.29, 0.717) is 24.5 Å². The number of amides is 3. The molecule has 1 aliphatic rings. The number of hydrogen-bond acceptors (Lipinski definition) is 6. The maximum atomic E-state index is 12.5. The summed E-state index contributed by atoms with van der Waals surface area (Å²) in [4.78, 5) is 46.7. The first-order valence-electron chi connectivity index (χ1n) is 8.55. The number of nitrogens with zero attached hydrogens (tertiary/aromatic N) is 3. The van der Waals surface area contributed by atoms with Crippen LogP contribution >= 0.6 is 0 Å². The summed E-state index contributed by atoms with van der Waals surface area (Å²) < 4.78 is 4.89. The monoisotopic (exact) mass is 363 g/mol. The summed E-state index contributed by atoms with van der Waals surface area (Å²) in [6.45, 7) is 5.93. The van der Waals surface area contributed by atoms with E-state index < -0.39 is 6.04 Å². The fourth-order valence-corrected chi connectivity index (χ4v) is 3.06. The molecule has 9 nitrogen and oxygen atoms in total. The molecule has 1 fully saturated rings. The van der Waals surface area contributed by atoms with Crippen molar-refractivity contribution in [3.05, 3.63) is 23.3 Å². The highest BCUT2D eigenvalue weighted by Crippen LogP contribution is 2.19. The van der Waals surface area contributed by atoms with Crippen LogP contribution in [0.2, 0.25) is 0 Å². The van der Waals surface area contributed by atoms with Crippen LogP contribution in [0.4, 0.5) is 0 Å². The molecule has 26 heavy (non-hydrogen) atoms. The van der Waals surface area contributed by atoms with Gasteiger partial charge >= 0.3 is 0 Å². The van der Waals surface area contributed by atoms with Crippen molar-refractivity contribution in [1.82, 2.24) is 25.5 Å². The number of likely N-dealkylation sites (N-methyl/N-ethyl adjacent to an activating group) is 1. The van der Waals surface area contributed by atoms with Gasteiger partial charge in [-0.1, -0.05) is 0 Å². The van der Waals surface area contributed by atoms with Gasteiger partial charge in [-0.3, -0.25) is 14.4 Å². The standard InChI is InChI=1S/C17H25N5O4/c1-5-18-17(25)14-7-12(8-22(14)15(23)9-26-4)21-16(24)13-6-10(2)19-11(3)20-13/h6,12,14H,5,7-9H2,1-4H3,(H,18,25)(H,21,24)/t12-,14-/m0/s1. The predicted molar refractivity (Wildman–Crippen MR) is 93.4 cm³/mol. The first-order chi connectivity index (χ1) is 12.3. The minimum atomic E-state index is -0.628. The topological polar surface area (TPSA) is 114 Å². The lowest BCUT2D eigenvalue weighted by molar-refractivity contribution is -0.141. The summed E-state index contributed by atoms with van der Waals surface area (Å²) in [6, 6.07) is 0.634. The molecule has 0 unspecified atom stereocenters. The summed E-state index contributed by atoms with van der Waals surface area (Å²) in [5, 5.41) is 5.59. The van der Waals surface area contributed by atoms with Gasteiger partial charge in [-0.25, -0.2) is 9.97 Å². The van der Waals surface area contributed by atoms with Gasteiger partial charge in [0.25, 0.3) is 5.91 Å². The number of aromatic nitrogens is 2. The summed E-state index contributed by atoms with van der Waals surface area (Å²) in [6.07, 6.45) is 0.343. The van der Waals surface area contributed by atoms with E-state index in [-0.39, 0.29) is 42.6 Å². The minimum Gasteiger partial charge on any atom is -0.375 e. The van der Waals surface area contributed by atoms with Gasteiger partial charge in [-0.2, -0.15) is 0 Å². The molecule has 1 aliphatic heterocycles. The summed E-state index contributed by atoms with van der Waals surface area (Å²) >= 11 is 0. The second-order valence-corrected chi connectivity index (χ2v) is 6.24. The first-order valence-corrected chi connectivity index (χ1v) is 8.55. The number of likely N-dealkylation sites (tertiary alicyclic amines) is 1. The van der Waals surface area contributed by atoms with Crippen molar-refractivity contribution in [3.8, 4) is 0 Å².